The minimum Gasteiger partial charge on any atom is -0.457 e. The fourth-order valence-electron chi connectivity index (χ4n) is 3.29. The van der Waals surface area contributed by atoms with Crippen LogP contribution in [0.15, 0.2) is 65.2 Å². The van der Waals surface area contributed by atoms with Gasteiger partial charge in [0.2, 0.25) is 11.8 Å². The molecule has 4 rings (SSSR count). The van der Waals surface area contributed by atoms with Crippen LogP contribution in [0.4, 0.5) is 0 Å². The SMILES string of the molecule is O=C(/C=C/c1cc2ccccc2o1)N1CCN(C(=O)Cc2ccccn2)CC1. The van der Waals surface area contributed by atoms with Gasteiger partial charge in [0.1, 0.15) is 11.3 Å². The van der Waals surface area contributed by atoms with Crippen molar-refractivity contribution in [1.82, 2.24) is 14.8 Å². The molecule has 0 saturated carbocycles. The third-order valence-corrected chi connectivity index (χ3v) is 4.84. The molecule has 1 fully saturated rings. The maximum atomic E-state index is 12.4. The van der Waals surface area contributed by atoms with Crippen LogP contribution in [-0.4, -0.2) is 52.8 Å². The molecule has 6 heteroatoms. The molecule has 0 spiro atoms. The van der Waals surface area contributed by atoms with Crippen molar-refractivity contribution in [1.29, 1.82) is 0 Å². The van der Waals surface area contributed by atoms with Gasteiger partial charge in [0.15, 0.2) is 0 Å². The number of para-hydroxylation sites is 1. The molecular formula is C22H21N3O3. The molecule has 0 unspecified atom stereocenters. The number of fused-ring (bicyclic) bond motifs is 1. The standard InChI is InChI=1S/C22H21N3O3/c26-21(9-8-19-15-17-5-1-2-7-20(17)28-19)24-11-13-25(14-12-24)22(27)16-18-6-3-4-10-23-18/h1-10,15H,11-14,16H2/b9-8+. The Morgan fingerprint density at radius 1 is 1.00 bits per heavy atom. The number of rotatable bonds is 4. The highest BCUT2D eigenvalue weighted by Gasteiger charge is 2.23. The molecule has 6 nitrogen and oxygen atoms in total. The van der Waals surface area contributed by atoms with Gasteiger partial charge in [-0.3, -0.25) is 14.6 Å². The van der Waals surface area contributed by atoms with Crippen LogP contribution >= 0.6 is 0 Å². The van der Waals surface area contributed by atoms with Crippen LogP contribution in [0.5, 0.6) is 0 Å². The van der Waals surface area contributed by atoms with Gasteiger partial charge in [-0.25, -0.2) is 0 Å². The molecule has 0 aliphatic carbocycles. The number of carbonyl (C=O) groups excluding carboxylic acids is 2. The lowest BCUT2D eigenvalue weighted by Crippen LogP contribution is -2.50. The van der Waals surface area contributed by atoms with Crippen molar-refractivity contribution in [2.45, 2.75) is 6.42 Å². The largest absolute Gasteiger partial charge is 0.457 e. The molecule has 28 heavy (non-hydrogen) atoms. The molecule has 2 amide bonds. The minimum absolute atomic E-state index is 0.0450. The van der Waals surface area contributed by atoms with Crippen LogP contribution in [0.1, 0.15) is 11.5 Å². The first kappa shape index (κ1) is 18.0. The van der Waals surface area contributed by atoms with Gasteiger partial charge in [-0.1, -0.05) is 24.3 Å². The number of aromatic nitrogens is 1. The first-order valence-corrected chi connectivity index (χ1v) is 9.32. The summed E-state index contributed by atoms with van der Waals surface area (Å²) < 4.78 is 5.69. The first-order valence-electron chi connectivity index (χ1n) is 9.32. The van der Waals surface area contributed by atoms with Gasteiger partial charge in [-0.2, -0.15) is 0 Å². The zero-order chi connectivity index (χ0) is 19.3. The number of hydrogen-bond donors (Lipinski definition) is 0. The smallest absolute Gasteiger partial charge is 0.246 e. The number of hydrogen-bond acceptors (Lipinski definition) is 4. The van der Waals surface area contributed by atoms with Crippen molar-refractivity contribution in [2.75, 3.05) is 26.2 Å². The number of amides is 2. The van der Waals surface area contributed by atoms with Gasteiger partial charge in [0.05, 0.1) is 6.42 Å². The highest BCUT2D eigenvalue weighted by Crippen LogP contribution is 2.19. The third-order valence-electron chi connectivity index (χ3n) is 4.84. The minimum atomic E-state index is -0.0720. The molecule has 3 heterocycles. The van der Waals surface area contributed by atoms with E-state index in [1.165, 1.54) is 6.08 Å². The second kappa shape index (κ2) is 8.08. The predicted octanol–water partition coefficient (Wildman–Crippen LogP) is 2.75. The Morgan fingerprint density at radius 2 is 1.75 bits per heavy atom. The van der Waals surface area contributed by atoms with Crippen molar-refractivity contribution in [3.05, 3.63) is 72.3 Å². The van der Waals surface area contributed by atoms with E-state index in [0.29, 0.717) is 38.4 Å². The highest BCUT2D eigenvalue weighted by molar-refractivity contribution is 5.92. The van der Waals surface area contributed by atoms with Gasteiger partial charge in [-0.05, 0) is 30.3 Å². The fourth-order valence-corrected chi connectivity index (χ4v) is 3.29. The van der Waals surface area contributed by atoms with E-state index in [4.69, 9.17) is 4.42 Å². The summed E-state index contributed by atoms with van der Waals surface area (Å²) in [5.74, 6) is 0.625. The molecule has 3 aromatic rings. The summed E-state index contributed by atoms with van der Waals surface area (Å²) in [5.41, 5.74) is 1.56. The van der Waals surface area contributed by atoms with Crippen LogP contribution in [0, 0.1) is 0 Å². The molecule has 0 N–H and O–H groups in total. The van der Waals surface area contributed by atoms with Crippen LogP contribution in [0.3, 0.4) is 0 Å². The Bertz CT molecular complexity index is 969. The summed E-state index contributed by atoms with van der Waals surface area (Å²) in [6.07, 6.45) is 5.21. The zero-order valence-corrected chi connectivity index (χ0v) is 15.5. The van der Waals surface area contributed by atoms with Crippen molar-refractivity contribution >= 4 is 28.9 Å². The quantitative estimate of drug-likeness (QED) is 0.658. The topological polar surface area (TPSA) is 66.7 Å². The molecular weight excluding hydrogens is 354 g/mol. The zero-order valence-electron chi connectivity index (χ0n) is 15.5. The number of furan rings is 1. The third kappa shape index (κ3) is 4.11. The Labute approximate surface area is 163 Å². The number of piperazine rings is 1. The fraction of sp³-hybridized carbons (Fsp3) is 0.227. The molecule has 2 aromatic heterocycles. The van der Waals surface area contributed by atoms with Crippen LogP contribution in [-0.2, 0) is 16.0 Å². The molecule has 1 aromatic carbocycles. The number of benzene rings is 1. The Kier molecular flexibility index (Phi) is 5.19. The lowest BCUT2D eigenvalue weighted by Gasteiger charge is -2.34. The summed E-state index contributed by atoms with van der Waals surface area (Å²) in [7, 11) is 0. The summed E-state index contributed by atoms with van der Waals surface area (Å²) in [4.78, 5) is 32.6. The summed E-state index contributed by atoms with van der Waals surface area (Å²) >= 11 is 0. The molecule has 1 saturated heterocycles. The van der Waals surface area contributed by atoms with Crippen molar-refractivity contribution in [2.24, 2.45) is 0 Å². The van der Waals surface area contributed by atoms with Crippen molar-refractivity contribution in [3.63, 3.8) is 0 Å². The van der Waals surface area contributed by atoms with E-state index in [0.717, 1.165) is 16.7 Å². The van der Waals surface area contributed by atoms with Gasteiger partial charge in [0.25, 0.3) is 0 Å². The normalized spacial score (nSPS) is 14.7. The van der Waals surface area contributed by atoms with Crippen molar-refractivity contribution < 1.29 is 14.0 Å². The molecule has 142 valence electrons. The van der Waals surface area contributed by atoms with E-state index in [9.17, 15) is 9.59 Å². The van der Waals surface area contributed by atoms with Crippen LogP contribution in [0.2, 0.25) is 0 Å². The monoisotopic (exact) mass is 375 g/mol. The van der Waals surface area contributed by atoms with Crippen LogP contribution < -0.4 is 0 Å². The molecule has 1 aliphatic heterocycles. The number of pyridine rings is 1. The maximum absolute atomic E-state index is 12.4. The second-order valence-corrected chi connectivity index (χ2v) is 6.72. The highest BCUT2D eigenvalue weighted by atomic mass is 16.3. The lowest BCUT2D eigenvalue weighted by molar-refractivity contribution is -0.136. The molecule has 0 atom stereocenters. The van der Waals surface area contributed by atoms with Gasteiger partial charge in [-0.15, -0.1) is 0 Å². The van der Waals surface area contributed by atoms with Crippen LogP contribution in [0.25, 0.3) is 17.0 Å². The Hall–Kier alpha value is -3.41. The van der Waals surface area contributed by atoms with E-state index in [1.807, 2.05) is 48.5 Å². The summed E-state index contributed by atoms with van der Waals surface area (Å²) in [6.45, 7) is 2.13. The van der Waals surface area contributed by atoms with E-state index in [-0.39, 0.29) is 11.8 Å². The molecule has 0 bridgehead atoms. The predicted molar refractivity (Wildman–Crippen MR) is 106 cm³/mol. The van der Waals surface area contributed by atoms with E-state index < -0.39 is 0 Å². The summed E-state index contributed by atoms with van der Waals surface area (Å²) in [6, 6.07) is 15.2. The van der Waals surface area contributed by atoms with Crippen molar-refractivity contribution in [3.8, 4) is 0 Å². The number of carbonyl (C=O) groups is 2. The van der Waals surface area contributed by atoms with Gasteiger partial charge < -0.3 is 14.2 Å². The lowest BCUT2D eigenvalue weighted by atomic mass is 10.2. The average molecular weight is 375 g/mol. The van der Waals surface area contributed by atoms with E-state index in [2.05, 4.69) is 4.98 Å². The Morgan fingerprint density at radius 3 is 2.50 bits per heavy atom. The number of nitrogens with zero attached hydrogens (tertiary/aromatic N) is 3. The van der Waals surface area contributed by atoms with Gasteiger partial charge >= 0.3 is 0 Å². The molecule has 0 radical (unpaired) electrons. The average Bonchev–Trinajstić information content (AvgIpc) is 3.16. The van der Waals surface area contributed by atoms with Gasteiger partial charge in [0, 0.05) is 49.5 Å². The second-order valence-electron chi connectivity index (χ2n) is 6.72. The molecule has 1 aliphatic rings. The maximum Gasteiger partial charge on any atom is 0.246 e. The summed E-state index contributed by atoms with van der Waals surface area (Å²) in [5, 5.41) is 1.01. The van der Waals surface area contributed by atoms with E-state index >= 15 is 0 Å². The Balaban J connectivity index is 1.30. The first-order chi connectivity index (χ1) is 13.7. The van der Waals surface area contributed by atoms with E-state index in [1.54, 1.807) is 22.1 Å².